The quantitative estimate of drug-likeness (QED) is 0.365. The van der Waals surface area contributed by atoms with Crippen LogP contribution in [0, 0.1) is 6.08 Å². The van der Waals surface area contributed by atoms with Crippen LogP contribution in [0.15, 0.2) is 40.6 Å². The SMILES string of the molecule is C[Si](C)(Cl)C1=C(C2=[C-]CC=C2)CC=C1.Cl.Cl.[Zr]. The van der Waals surface area contributed by atoms with Gasteiger partial charge in [0.05, 0.1) is 0 Å². The van der Waals surface area contributed by atoms with Gasteiger partial charge in [0.2, 0.25) is 0 Å². The van der Waals surface area contributed by atoms with Crippen LogP contribution in [0.4, 0.5) is 0 Å². The van der Waals surface area contributed by atoms with Crippen LogP contribution in [0.3, 0.4) is 0 Å². The fourth-order valence-corrected chi connectivity index (χ4v) is 3.93. The van der Waals surface area contributed by atoms with Crippen molar-refractivity contribution in [2.24, 2.45) is 0 Å². The van der Waals surface area contributed by atoms with Crippen LogP contribution in [0.25, 0.3) is 0 Å². The van der Waals surface area contributed by atoms with Crippen LogP contribution in [0.5, 0.6) is 0 Å². The van der Waals surface area contributed by atoms with E-state index in [1.54, 1.807) is 0 Å². The molecule has 0 atom stereocenters. The van der Waals surface area contributed by atoms with Crippen LogP contribution in [0.2, 0.25) is 13.1 Å². The van der Waals surface area contributed by atoms with Crippen molar-refractivity contribution in [1.82, 2.24) is 0 Å². The van der Waals surface area contributed by atoms with Crippen molar-refractivity contribution in [2.75, 3.05) is 0 Å². The first-order valence-corrected chi connectivity index (χ1v) is 8.97. The molecule has 94 valence electrons. The summed E-state index contributed by atoms with van der Waals surface area (Å²) in [5.41, 5.74) is 2.68. The number of hydrogen-bond acceptors (Lipinski definition) is 0. The third kappa shape index (κ3) is 4.84. The van der Waals surface area contributed by atoms with Crippen LogP contribution in [-0.2, 0) is 26.2 Å². The Bertz CT molecular complexity index is 376. The number of rotatable bonds is 2. The Morgan fingerprint density at radius 1 is 1.18 bits per heavy atom. The average molecular weight is 386 g/mol. The molecule has 0 heterocycles. The van der Waals surface area contributed by atoms with Gasteiger partial charge in [-0.3, -0.25) is 0 Å². The molecule has 0 radical (unpaired) electrons. The summed E-state index contributed by atoms with van der Waals surface area (Å²) in [4.78, 5) is 0. The summed E-state index contributed by atoms with van der Waals surface area (Å²) in [6.07, 6.45) is 14.1. The topological polar surface area (TPSA) is 0 Å². The summed E-state index contributed by atoms with van der Waals surface area (Å²) in [6.45, 7) is 4.36. The van der Waals surface area contributed by atoms with Gasteiger partial charge in [0, 0.05) is 26.2 Å². The summed E-state index contributed by atoms with van der Waals surface area (Å²) in [7, 11) is -1.68. The molecule has 0 unspecified atom stereocenters. The van der Waals surface area contributed by atoms with E-state index < -0.39 is 7.38 Å². The summed E-state index contributed by atoms with van der Waals surface area (Å²) in [5, 5.41) is 1.38. The van der Waals surface area contributed by atoms with Gasteiger partial charge in [-0.05, 0) is 0 Å². The maximum atomic E-state index is 6.48. The van der Waals surface area contributed by atoms with E-state index in [9.17, 15) is 0 Å². The molecular weight excluding hydrogens is 370 g/mol. The summed E-state index contributed by atoms with van der Waals surface area (Å²) >= 11 is 6.48. The Labute approximate surface area is 141 Å². The molecule has 0 aliphatic heterocycles. The number of allylic oxidation sites excluding steroid dienone is 8. The summed E-state index contributed by atoms with van der Waals surface area (Å²) < 4.78 is 0. The smallest absolute Gasteiger partial charge is 0.169 e. The van der Waals surface area contributed by atoms with Crippen molar-refractivity contribution < 1.29 is 26.2 Å². The summed E-state index contributed by atoms with van der Waals surface area (Å²) in [5.74, 6) is 0. The van der Waals surface area contributed by atoms with Crippen molar-refractivity contribution in [3.63, 3.8) is 0 Å². The normalized spacial score (nSPS) is 17.2. The number of hydrogen-bond donors (Lipinski definition) is 0. The van der Waals surface area contributed by atoms with Gasteiger partial charge in [0.1, 0.15) is 0 Å². The molecule has 0 N–H and O–H groups in total. The van der Waals surface area contributed by atoms with Crippen LogP contribution < -0.4 is 0 Å². The molecule has 0 fully saturated rings. The van der Waals surface area contributed by atoms with Gasteiger partial charge in [0.15, 0.2) is 7.38 Å². The second-order valence-electron chi connectivity index (χ2n) is 4.17. The second kappa shape index (κ2) is 8.17. The van der Waals surface area contributed by atoms with Crippen LogP contribution in [-0.4, -0.2) is 7.38 Å². The van der Waals surface area contributed by atoms with E-state index in [1.165, 1.54) is 16.3 Å². The maximum absolute atomic E-state index is 6.48. The first-order valence-electron chi connectivity index (χ1n) is 4.96. The first kappa shape index (κ1) is 20.3. The van der Waals surface area contributed by atoms with Crippen molar-refractivity contribution in [3.05, 3.63) is 46.7 Å². The average Bonchev–Trinajstić information content (AvgIpc) is 2.73. The molecule has 0 aromatic carbocycles. The number of halogens is 3. The summed E-state index contributed by atoms with van der Waals surface area (Å²) in [6, 6.07) is 0. The zero-order valence-electron chi connectivity index (χ0n) is 9.92. The predicted molar refractivity (Wildman–Crippen MR) is 79.1 cm³/mol. The molecule has 0 saturated carbocycles. The second-order valence-corrected chi connectivity index (χ2v) is 10.5. The van der Waals surface area contributed by atoms with Crippen molar-refractivity contribution in [2.45, 2.75) is 25.9 Å². The Morgan fingerprint density at radius 2 is 1.82 bits per heavy atom. The Morgan fingerprint density at radius 3 is 2.29 bits per heavy atom. The zero-order valence-corrected chi connectivity index (χ0v) is 15.8. The third-order valence-corrected chi connectivity index (χ3v) is 4.95. The van der Waals surface area contributed by atoms with E-state index >= 15 is 0 Å². The van der Waals surface area contributed by atoms with Gasteiger partial charge in [-0.25, -0.2) is 0 Å². The molecule has 17 heavy (non-hydrogen) atoms. The van der Waals surface area contributed by atoms with Gasteiger partial charge in [-0.1, -0.05) is 43.3 Å². The predicted octanol–water partition coefficient (Wildman–Crippen LogP) is 4.76. The molecule has 5 heteroatoms. The fraction of sp³-hybridized carbons (Fsp3) is 0.333. The van der Waals surface area contributed by atoms with Crippen molar-refractivity contribution >= 4 is 43.3 Å². The van der Waals surface area contributed by atoms with E-state index in [0.29, 0.717) is 0 Å². The molecule has 0 saturated heterocycles. The molecule has 2 aliphatic rings. The van der Waals surface area contributed by atoms with E-state index in [2.05, 4.69) is 43.5 Å². The Hall–Kier alpha value is 0.930. The van der Waals surface area contributed by atoms with Crippen LogP contribution >= 0.6 is 35.9 Å². The monoisotopic (exact) mass is 383 g/mol. The minimum atomic E-state index is -1.68. The van der Waals surface area contributed by atoms with Gasteiger partial charge in [0.25, 0.3) is 0 Å². The van der Waals surface area contributed by atoms with E-state index in [0.717, 1.165) is 12.8 Å². The van der Waals surface area contributed by atoms with E-state index in [1.807, 2.05) is 0 Å². The van der Waals surface area contributed by atoms with Gasteiger partial charge < -0.3 is 0 Å². The fourth-order valence-electron chi connectivity index (χ4n) is 1.93. The zero-order chi connectivity index (χ0) is 10.2. The molecule has 0 nitrogen and oxygen atoms in total. The van der Waals surface area contributed by atoms with Gasteiger partial charge in [-0.2, -0.15) is 28.8 Å². The van der Waals surface area contributed by atoms with Crippen molar-refractivity contribution in [1.29, 1.82) is 0 Å². The first-order chi connectivity index (χ1) is 6.59. The largest absolute Gasteiger partial charge is 0.198 e. The minimum Gasteiger partial charge on any atom is -0.198 e. The molecule has 2 aliphatic carbocycles. The standard InChI is InChI=1S/C12H14ClSi.2ClH.Zr/c1-14(2,13)12-9-5-8-11(12)10-6-3-4-7-10;;;/h3,5-6,9H,4,8H2,1-2H3;2*1H;/q-1;;;. The molecular formula is C12H16Cl3SiZr-. The Kier molecular flexibility index (Phi) is 9.73. The van der Waals surface area contributed by atoms with E-state index in [-0.39, 0.29) is 51.0 Å². The molecule has 0 bridgehead atoms. The minimum absolute atomic E-state index is 0. The van der Waals surface area contributed by atoms with Crippen LogP contribution in [0.1, 0.15) is 12.8 Å². The molecule has 0 amide bonds. The third-order valence-electron chi connectivity index (χ3n) is 2.59. The van der Waals surface area contributed by atoms with Gasteiger partial charge in [-0.15, -0.1) is 36.5 Å². The molecule has 0 aromatic heterocycles. The molecule has 0 aromatic rings. The van der Waals surface area contributed by atoms with Crippen molar-refractivity contribution in [3.8, 4) is 0 Å². The van der Waals surface area contributed by atoms with E-state index in [4.69, 9.17) is 11.1 Å². The molecule has 2 rings (SSSR count). The Balaban J connectivity index is 0. The van der Waals surface area contributed by atoms with Gasteiger partial charge >= 0.3 is 0 Å². The molecule has 0 spiro atoms. The maximum Gasteiger partial charge on any atom is 0.169 e.